The number of methoxy groups -OCH3 is 1. The summed E-state index contributed by atoms with van der Waals surface area (Å²) >= 11 is 7.80. The number of fused-ring (bicyclic) bond motifs is 1. The van der Waals surface area contributed by atoms with E-state index >= 15 is 0 Å². The molecular weight excluding hydrogens is 997 g/mol. The van der Waals surface area contributed by atoms with Gasteiger partial charge in [-0.25, -0.2) is 19.2 Å². The minimum absolute atomic E-state index is 0.0205. The molecule has 74 heavy (non-hydrogen) atoms. The number of hydrogen-bond acceptors (Lipinski definition) is 15. The molecule has 3 heterocycles. The number of aromatic nitrogens is 2. The van der Waals surface area contributed by atoms with E-state index in [2.05, 4.69) is 52.1 Å². The van der Waals surface area contributed by atoms with Crippen molar-refractivity contribution in [1.82, 2.24) is 36.1 Å². The van der Waals surface area contributed by atoms with Crippen LogP contribution in [0.5, 0.6) is 5.75 Å². The van der Waals surface area contributed by atoms with Crippen molar-refractivity contribution < 1.29 is 47.3 Å². The Morgan fingerprint density at radius 3 is 2.24 bits per heavy atom. The van der Waals surface area contributed by atoms with E-state index in [0.717, 1.165) is 50.8 Å². The lowest BCUT2D eigenvalue weighted by molar-refractivity contribution is -0.124. The summed E-state index contributed by atoms with van der Waals surface area (Å²) in [6.45, 7) is 5.07. The third-order valence-corrected chi connectivity index (χ3v) is 13.9. The molecule has 20 nitrogen and oxygen atoms in total. The SMILES string of the molecule is COc1ccc(NC(=O)/C=C/CN(C)CCCCC(CCC(=O)NCCCOCCOCCOCCCNC(=O)CCCC[C@@H]2SC[C@@H]3NC(=O)N[C@@H]32)C(N)=O)cc1Nc1cc(Nc2ccc(F)c(Cl)c2)ncn1. The van der Waals surface area contributed by atoms with Gasteiger partial charge in [0.05, 0.1) is 56.3 Å². The fourth-order valence-electron chi connectivity index (χ4n) is 8.16. The molecule has 0 aliphatic carbocycles. The number of carbonyl (C=O) groups excluding carboxylic acids is 5. The van der Waals surface area contributed by atoms with Gasteiger partial charge >= 0.3 is 6.03 Å². The number of likely N-dealkylation sites (N-methyl/N-ethyl adjacent to an activating group) is 1. The molecule has 0 saturated carbocycles. The van der Waals surface area contributed by atoms with Gasteiger partial charge in [-0.05, 0) is 94.9 Å². The van der Waals surface area contributed by atoms with Crippen LogP contribution < -0.4 is 47.7 Å². The summed E-state index contributed by atoms with van der Waals surface area (Å²) in [7, 11) is 3.48. The number of ether oxygens (including phenoxy) is 4. The Balaban J connectivity index is 0.814. The van der Waals surface area contributed by atoms with E-state index in [1.54, 1.807) is 36.4 Å². The van der Waals surface area contributed by atoms with Gasteiger partial charge in [-0.3, -0.25) is 19.2 Å². The molecule has 0 bridgehead atoms. The van der Waals surface area contributed by atoms with Crippen LogP contribution in [-0.4, -0.2) is 148 Å². The Morgan fingerprint density at radius 1 is 0.851 bits per heavy atom. The molecule has 5 rings (SSSR count). The van der Waals surface area contributed by atoms with Crippen LogP contribution in [0.15, 0.2) is 60.9 Å². The first kappa shape index (κ1) is 59.1. The molecule has 2 aliphatic heterocycles. The van der Waals surface area contributed by atoms with Crippen molar-refractivity contribution in [3.05, 3.63) is 71.8 Å². The number of benzene rings is 2. The summed E-state index contributed by atoms with van der Waals surface area (Å²) in [6.07, 6.45) is 12.0. The Morgan fingerprint density at radius 2 is 1.54 bits per heavy atom. The Hall–Kier alpha value is -5.78. The van der Waals surface area contributed by atoms with Crippen LogP contribution in [0.25, 0.3) is 0 Å². The number of amides is 6. The second-order valence-corrected chi connectivity index (χ2v) is 19.7. The highest BCUT2D eigenvalue weighted by atomic mass is 35.5. The standard InChI is InChI=1S/C51H73ClFN11O9S/c1-64(23-7-13-48(67)60-37-16-18-42(70-2)40(31-37)61-45-32-44(57-34-58-45)59-36-15-17-39(53)38(52)30-36)22-6-5-10-35(50(54)68)14-19-47(66)56-21-9-25-72-27-29-73-28-26-71-24-8-20-55-46(65)12-4-3-11-43-49-41(33-74-43)62-51(69)63-49/h7,13,15-18,30-32,34-35,41,43,49H,3-6,8-12,14,19-29,33H2,1-2H3,(H2,54,68)(H,55,65)(H,56,66)(H,60,67)(H2,62,63,69)(H2,57,58,59,61)/b13-7+/t35?,41-,43-,49-/m0/s1. The topological polar surface area (TPSA) is 262 Å². The first-order valence-electron chi connectivity index (χ1n) is 25.3. The normalized spacial score (nSPS) is 16.3. The van der Waals surface area contributed by atoms with E-state index in [9.17, 15) is 28.4 Å². The summed E-state index contributed by atoms with van der Waals surface area (Å²) in [4.78, 5) is 71.6. The minimum Gasteiger partial charge on any atom is -0.495 e. The Labute approximate surface area is 442 Å². The van der Waals surface area contributed by atoms with Crippen LogP contribution in [-0.2, 0) is 33.4 Å². The number of nitrogens with one attached hydrogen (secondary N) is 7. The quantitative estimate of drug-likeness (QED) is 0.0186. The van der Waals surface area contributed by atoms with E-state index in [1.807, 2.05) is 18.8 Å². The molecule has 9 N–H and O–H groups in total. The van der Waals surface area contributed by atoms with E-state index in [-0.39, 0.29) is 47.3 Å². The monoisotopic (exact) mass is 1070 g/mol. The van der Waals surface area contributed by atoms with Crippen molar-refractivity contribution in [1.29, 1.82) is 0 Å². The fraction of sp³-hybridized carbons (Fsp3) is 0.549. The van der Waals surface area contributed by atoms with Crippen LogP contribution >= 0.6 is 23.4 Å². The number of rotatable bonds is 37. The number of carbonyl (C=O) groups is 5. The zero-order valence-corrected chi connectivity index (χ0v) is 44.0. The van der Waals surface area contributed by atoms with Crippen LogP contribution in [0, 0.1) is 11.7 Å². The summed E-state index contributed by atoms with van der Waals surface area (Å²) in [5.74, 6) is 0.612. The van der Waals surface area contributed by atoms with Gasteiger partial charge in [0, 0.05) is 86.1 Å². The maximum atomic E-state index is 13.6. The van der Waals surface area contributed by atoms with Crippen LogP contribution in [0.1, 0.15) is 70.6 Å². The molecule has 1 unspecified atom stereocenters. The van der Waals surface area contributed by atoms with E-state index in [4.69, 9.17) is 36.3 Å². The predicted molar refractivity (Wildman–Crippen MR) is 286 cm³/mol. The molecule has 6 amide bonds. The molecule has 1 aromatic heterocycles. The van der Waals surface area contributed by atoms with E-state index < -0.39 is 17.6 Å². The number of nitrogens with zero attached hydrogens (tertiary/aromatic N) is 3. The molecule has 406 valence electrons. The van der Waals surface area contributed by atoms with Crippen molar-refractivity contribution in [3.63, 3.8) is 0 Å². The van der Waals surface area contributed by atoms with Gasteiger partial charge in [0.1, 0.15) is 29.5 Å². The molecule has 4 atom stereocenters. The molecular formula is C51H73ClFN11O9S. The largest absolute Gasteiger partial charge is 0.495 e. The molecule has 23 heteroatoms. The lowest BCUT2D eigenvalue weighted by Crippen LogP contribution is -2.36. The van der Waals surface area contributed by atoms with E-state index in [1.165, 1.54) is 31.6 Å². The fourth-order valence-corrected chi connectivity index (χ4v) is 9.88. The molecule has 2 aromatic carbocycles. The smallest absolute Gasteiger partial charge is 0.315 e. The second kappa shape index (κ2) is 33.2. The Bertz CT molecular complexity index is 2290. The minimum atomic E-state index is -0.526. The predicted octanol–water partition coefficient (Wildman–Crippen LogP) is 6.03. The average Bonchev–Trinajstić information content (AvgIpc) is 3.93. The lowest BCUT2D eigenvalue weighted by atomic mass is 9.95. The molecule has 3 aromatic rings. The third kappa shape index (κ3) is 22.4. The number of nitrogens with two attached hydrogens (primary N) is 1. The van der Waals surface area contributed by atoms with Crippen LogP contribution in [0.3, 0.4) is 0 Å². The number of halogens is 2. The first-order valence-corrected chi connectivity index (χ1v) is 26.7. The van der Waals surface area contributed by atoms with Crippen LogP contribution in [0.4, 0.5) is 37.9 Å². The second-order valence-electron chi connectivity index (χ2n) is 18.0. The summed E-state index contributed by atoms with van der Waals surface area (Å²) in [5, 5.41) is 21.3. The number of urea groups is 1. The molecule has 2 fully saturated rings. The summed E-state index contributed by atoms with van der Waals surface area (Å²) in [5.41, 5.74) is 7.30. The number of primary amides is 1. The van der Waals surface area contributed by atoms with Gasteiger partial charge in [-0.15, -0.1) is 0 Å². The van der Waals surface area contributed by atoms with Crippen molar-refractivity contribution in [2.75, 3.05) is 102 Å². The van der Waals surface area contributed by atoms with Gasteiger partial charge in [-0.2, -0.15) is 11.8 Å². The van der Waals surface area contributed by atoms with Crippen molar-refractivity contribution in [3.8, 4) is 5.75 Å². The van der Waals surface area contributed by atoms with E-state index in [0.29, 0.717) is 125 Å². The van der Waals surface area contributed by atoms with Crippen molar-refractivity contribution in [2.24, 2.45) is 11.7 Å². The van der Waals surface area contributed by atoms with Gasteiger partial charge < -0.3 is 66.8 Å². The highest BCUT2D eigenvalue weighted by Gasteiger charge is 2.42. The lowest BCUT2D eigenvalue weighted by Gasteiger charge is -2.16. The van der Waals surface area contributed by atoms with Gasteiger partial charge in [-0.1, -0.05) is 30.5 Å². The van der Waals surface area contributed by atoms with Gasteiger partial charge in [0.2, 0.25) is 23.6 Å². The van der Waals surface area contributed by atoms with Crippen molar-refractivity contribution in [2.45, 2.75) is 88.0 Å². The van der Waals surface area contributed by atoms with Gasteiger partial charge in [0.25, 0.3) is 0 Å². The number of thioether (sulfide) groups is 1. The number of hydrogen-bond donors (Lipinski definition) is 8. The molecule has 0 spiro atoms. The molecule has 2 aliphatic rings. The first-order chi connectivity index (χ1) is 35.9. The average molecular weight is 1070 g/mol. The molecule has 2 saturated heterocycles. The number of unbranched alkanes of at least 4 members (excludes halogenated alkanes) is 2. The summed E-state index contributed by atoms with van der Waals surface area (Å²) < 4.78 is 35.8. The molecule has 0 radical (unpaired) electrons. The Kier molecular flexibility index (Phi) is 26.5. The highest BCUT2D eigenvalue weighted by molar-refractivity contribution is 8.00. The van der Waals surface area contributed by atoms with Crippen LogP contribution in [0.2, 0.25) is 5.02 Å². The zero-order valence-electron chi connectivity index (χ0n) is 42.4. The van der Waals surface area contributed by atoms with Gasteiger partial charge in [0.15, 0.2) is 0 Å². The summed E-state index contributed by atoms with van der Waals surface area (Å²) in [6, 6.07) is 11.4. The zero-order chi connectivity index (χ0) is 52.9. The highest BCUT2D eigenvalue weighted by Crippen LogP contribution is 2.34. The maximum Gasteiger partial charge on any atom is 0.315 e. The third-order valence-electron chi connectivity index (χ3n) is 12.1. The maximum absolute atomic E-state index is 13.6. The number of anilines is 5. The van der Waals surface area contributed by atoms with Crippen molar-refractivity contribution >= 4 is 81.7 Å².